The lowest BCUT2D eigenvalue weighted by Gasteiger charge is -2.12. The van der Waals surface area contributed by atoms with Crippen molar-refractivity contribution in [1.82, 2.24) is 5.43 Å². The van der Waals surface area contributed by atoms with E-state index in [1.807, 2.05) is 19.1 Å². The second kappa shape index (κ2) is 8.57. The predicted molar refractivity (Wildman–Crippen MR) is 92.3 cm³/mol. The fraction of sp³-hybridized carbons (Fsp3) is 0.556. The highest BCUT2D eigenvalue weighted by atomic mass is 16.2. The van der Waals surface area contributed by atoms with Crippen LogP contribution in [0.5, 0.6) is 0 Å². The van der Waals surface area contributed by atoms with Crippen molar-refractivity contribution in [2.24, 2.45) is 5.10 Å². The molecule has 120 valence electrons. The molecule has 0 radical (unpaired) electrons. The van der Waals surface area contributed by atoms with Gasteiger partial charge in [-0.25, -0.2) is 5.43 Å². The van der Waals surface area contributed by atoms with E-state index >= 15 is 0 Å². The van der Waals surface area contributed by atoms with E-state index in [0.29, 0.717) is 0 Å². The minimum atomic E-state index is -0.0884. The highest BCUT2D eigenvalue weighted by Gasteiger charge is 2.06. The number of nitrogens with zero attached hydrogens (tertiary/aromatic N) is 1. The SMILES string of the molecule is Cc1ccc(NCC(=O)NN=C2CCCCCCC2)c(C)c1. The van der Waals surface area contributed by atoms with Crippen LogP contribution in [0.4, 0.5) is 5.69 Å². The van der Waals surface area contributed by atoms with Gasteiger partial charge in [0.05, 0.1) is 6.54 Å². The first kappa shape index (κ1) is 16.5. The Morgan fingerprint density at radius 2 is 1.77 bits per heavy atom. The van der Waals surface area contributed by atoms with E-state index in [2.05, 4.69) is 28.8 Å². The molecule has 0 saturated heterocycles. The first-order chi connectivity index (χ1) is 10.6. The molecule has 1 fully saturated rings. The standard InChI is InChI=1S/C18H27N3O/c1-14-10-11-17(15(2)12-14)19-13-18(22)21-20-16-8-6-4-3-5-7-9-16/h10-12,19H,3-9,13H2,1-2H3,(H,21,22). The Morgan fingerprint density at radius 3 is 2.45 bits per heavy atom. The van der Waals surface area contributed by atoms with Crippen LogP contribution in [0.25, 0.3) is 0 Å². The number of hydrogen-bond donors (Lipinski definition) is 2. The van der Waals surface area contributed by atoms with Crippen LogP contribution in [0, 0.1) is 13.8 Å². The largest absolute Gasteiger partial charge is 0.376 e. The molecule has 0 spiro atoms. The van der Waals surface area contributed by atoms with Gasteiger partial charge in [-0.2, -0.15) is 5.10 Å². The van der Waals surface area contributed by atoms with Crippen LogP contribution in [-0.4, -0.2) is 18.2 Å². The minimum Gasteiger partial charge on any atom is -0.376 e. The maximum atomic E-state index is 11.9. The molecule has 22 heavy (non-hydrogen) atoms. The van der Waals surface area contributed by atoms with Crippen molar-refractivity contribution in [2.45, 2.75) is 58.8 Å². The Labute approximate surface area is 133 Å². The lowest BCUT2D eigenvalue weighted by Crippen LogP contribution is -2.27. The summed E-state index contributed by atoms with van der Waals surface area (Å²) in [4.78, 5) is 11.9. The smallest absolute Gasteiger partial charge is 0.259 e. The number of nitrogens with one attached hydrogen (secondary N) is 2. The highest BCUT2D eigenvalue weighted by Crippen LogP contribution is 2.16. The van der Waals surface area contributed by atoms with E-state index < -0.39 is 0 Å². The summed E-state index contributed by atoms with van der Waals surface area (Å²) in [6.07, 6.45) is 8.31. The molecule has 0 aromatic heterocycles. The van der Waals surface area contributed by atoms with Gasteiger partial charge in [0.15, 0.2) is 0 Å². The third-order valence-corrected chi connectivity index (χ3v) is 4.09. The van der Waals surface area contributed by atoms with Gasteiger partial charge in [-0.3, -0.25) is 4.79 Å². The highest BCUT2D eigenvalue weighted by molar-refractivity contribution is 5.87. The van der Waals surface area contributed by atoms with Crippen molar-refractivity contribution in [3.63, 3.8) is 0 Å². The van der Waals surface area contributed by atoms with Crippen LogP contribution in [0.1, 0.15) is 56.1 Å². The van der Waals surface area contributed by atoms with Crippen molar-refractivity contribution in [2.75, 3.05) is 11.9 Å². The van der Waals surface area contributed by atoms with Gasteiger partial charge in [-0.1, -0.05) is 37.0 Å². The molecule has 1 aliphatic carbocycles. The van der Waals surface area contributed by atoms with Gasteiger partial charge < -0.3 is 5.32 Å². The molecule has 1 aliphatic rings. The van der Waals surface area contributed by atoms with Gasteiger partial charge in [-0.15, -0.1) is 0 Å². The summed E-state index contributed by atoms with van der Waals surface area (Å²) in [5, 5.41) is 7.48. The second-order valence-electron chi connectivity index (χ2n) is 6.15. The maximum Gasteiger partial charge on any atom is 0.259 e. The number of rotatable bonds is 4. The van der Waals surface area contributed by atoms with Gasteiger partial charge in [0, 0.05) is 11.4 Å². The first-order valence-corrected chi connectivity index (χ1v) is 8.30. The number of benzene rings is 1. The van der Waals surface area contributed by atoms with E-state index in [4.69, 9.17) is 0 Å². The zero-order valence-corrected chi connectivity index (χ0v) is 13.7. The van der Waals surface area contributed by atoms with E-state index in [0.717, 1.165) is 29.8 Å². The molecule has 1 amide bonds. The number of hydrogen-bond acceptors (Lipinski definition) is 3. The molecule has 1 aromatic rings. The molecule has 0 heterocycles. The fourth-order valence-electron chi connectivity index (χ4n) is 2.79. The molecule has 0 bridgehead atoms. The van der Waals surface area contributed by atoms with E-state index in [1.54, 1.807) is 0 Å². The van der Waals surface area contributed by atoms with E-state index in [9.17, 15) is 4.79 Å². The monoisotopic (exact) mass is 301 g/mol. The third-order valence-electron chi connectivity index (χ3n) is 4.09. The summed E-state index contributed by atoms with van der Waals surface area (Å²) >= 11 is 0. The van der Waals surface area contributed by atoms with Gasteiger partial charge >= 0.3 is 0 Å². The lowest BCUT2D eigenvalue weighted by molar-refractivity contribution is -0.119. The molecule has 1 saturated carbocycles. The van der Waals surface area contributed by atoms with E-state index in [-0.39, 0.29) is 12.5 Å². The second-order valence-corrected chi connectivity index (χ2v) is 6.15. The van der Waals surface area contributed by atoms with Gasteiger partial charge in [0.25, 0.3) is 5.91 Å². The summed E-state index contributed by atoms with van der Waals surface area (Å²) < 4.78 is 0. The molecule has 0 aliphatic heterocycles. The zero-order chi connectivity index (χ0) is 15.8. The molecule has 4 nitrogen and oxygen atoms in total. The summed E-state index contributed by atoms with van der Waals surface area (Å²) in [5.74, 6) is -0.0884. The van der Waals surface area contributed by atoms with Crippen LogP contribution >= 0.6 is 0 Å². The number of hydrazone groups is 1. The average Bonchev–Trinajstić information content (AvgIpc) is 2.45. The fourth-order valence-corrected chi connectivity index (χ4v) is 2.79. The molecule has 1 aromatic carbocycles. The molecule has 2 N–H and O–H groups in total. The first-order valence-electron chi connectivity index (χ1n) is 8.30. The normalized spacial score (nSPS) is 15.6. The van der Waals surface area contributed by atoms with Gasteiger partial charge in [0.1, 0.15) is 0 Å². The zero-order valence-electron chi connectivity index (χ0n) is 13.7. The number of carbonyl (C=O) groups is 1. The summed E-state index contributed by atoms with van der Waals surface area (Å²) in [6, 6.07) is 6.16. The van der Waals surface area contributed by atoms with Crippen molar-refractivity contribution in [3.05, 3.63) is 29.3 Å². The Hall–Kier alpha value is -1.84. The Bertz CT molecular complexity index is 527. The van der Waals surface area contributed by atoms with Crippen molar-refractivity contribution >= 4 is 17.3 Å². The molecular weight excluding hydrogens is 274 g/mol. The van der Waals surface area contributed by atoms with Crippen LogP contribution in [0.15, 0.2) is 23.3 Å². The number of carbonyl (C=O) groups excluding carboxylic acids is 1. The van der Waals surface area contributed by atoms with E-state index in [1.165, 1.54) is 37.7 Å². The van der Waals surface area contributed by atoms with Crippen molar-refractivity contribution < 1.29 is 4.79 Å². The summed E-state index contributed by atoms with van der Waals surface area (Å²) in [7, 11) is 0. The van der Waals surface area contributed by atoms with Crippen LogP contribution < -0.4 is 10.7 Å². The summed E-state index contributed by atoms with van der Waals surface area (Å²) in [6.45, 7) is 4.36. The maximum absolute atomic E-state index is 11.9. The quantitative estimate of drug-likeness (QED) is 0.828. The minimum absolute atomic E-state index is 0.0884. The Balaban J connectivity index is 1.79. The molecule has 0 unspecified atom stereocenters. The predicted octanol–water partition coefficient (Wildman–Crippen LogP) is 3.93. The number of amides is 1. The third kappa shape index (κ3) is 5.51. The number of anilines is 1. The average molecular weight is 301 g/mol. The Morgan fingerprint density at radius 1 is 1.09 bits per heavy atom. The van der Waals surface area contributed by atoms with Crippen LogP contribution in [0.3, 0.4) is 0 Å². The Kier molecular flexibility index (Phi) is 6.44. The molecule has 2 rings (SSSR count). The molecule has 4 heteroatoms. The van der Waals surface area contributed by atoms with Gasteiger partial charge in [0.2, 0.25) is 0 Å². The molecule has 0 atom stereocenters. The van der Waals surface area contributed by atoms with Crippen molar-refractivity contribution in [1.29, 1.82) is 0 Å². The molecular formula is C18H27N3O. The van der Waals surface area contributed by atoms with Crippen LogP contribution in [-0.2, 0) is 4.79 Å². The number of aryl methyl sites for hydroxylation is 2. The topological polar surface area (TPSA) is 53.5 Å². The van der Waals surface area contributed by atoms with Crippen molar-refractivity contribution in [3.8, 4) is 0 Å². The summed E-state index contributed by atoms with van der Waals surface area (Å²) in [5.41, 5.74) is 7.20. The van der Waals surface area contributed by atoms with Gasteiger partial charge in [-0.05, 0) is 51.2 Å². The lowest BCUT2D eigenvalue weighted by atomic mass is 9.99. The van der Waals surface area contributed by atoms with Crippen LogP contribution in [0.2, 0.25) is 0 Å².